The van der Waals surface area contributed by atoms with Gasteiger partial charge in [0.1, 0.15) is 6.21 Å². The van der Waals surface area contributed by atoms with Gasteiger partial charge in [0.2, 0.25) is 5.69 Å². The first kappa shape index (κ1) is 10.6. The van der Waals surface area contributed by atoms with Gasteiger partial charge in [0.15, 0.2) is 11.3 Å². The van der Waals surface area contributed by atoms with E-state index >= 15 is 0 Å². The zero-order chi connectivity index (χ0) is 10.2. The van der Waals surface area contributed by atoms with E-state index in [0.717, 1.165) is 12.2 Å². The highest BCUT2D eigenvalue weighted by atomic mass is 32.1. The van der Waals surface area contributed by atoms with Crippen LogP contribution in [0.15, 0.2) is 29.5 Å². The van der Waals surface area contributed by atoms with Crippen molar-refractivity contribution < 1.29 is 4.98 Å². The minimum absolute atomic E-state index is 0.527. The number of nitrogens with zero attached hydrogens (tertiary/aromatic N) is 1. The Bertz CT molecular complexity index is 310. The summed E-state index contributed by atoms with van der Waals surface area (Å²) in [5.74, 6) is 0. The Morgan fingerprint density at radius 2 is 2.50 bits per heavy atom. The Kier molecular flexibility index (Phi) is 4.57. The van der Waals surface area contributed by atoms with Gasteiger partial charge < -0.3 is 5.32 Å². The lowest BCUT2D eigenvalue weighted by atomic mass is 10.4. The Balaban J connectivity index is 2.38. The highest BCUT2D eigenvalue weighted by Crippen LogP contribution is 1.81. The van der Waals surface area contributed by atoms with Crippen LogP contribution in [-0.4, -0.2) is 17.9 Å². The van der Waals surface area contributed by atoms with Gasteiger partial charge in [0.05, 0.1) is 0 Å². The Morgan fingerprint density at radius 3 is 3.14 bits per heavy atom. The van der Waals surface area contributed by atoms with Gasteiger partial charge in [0, 0.05) is 18.7 Å². The molecule has 0 bridgehead atoms. The minimum Gasteiger partial charge on any atom is -0.362 e. The fourth-order valence-corrected chi connectivity index (χ4v) is 1.05. The van der Waals surface area contributed by atoms with E-state index in [-0.39, 0.29) is 0 Å². The summed E-state index contributed by atoms with van der Waals surface area (Å²) in [5.41, 5.74) is 3.62. The van der Waals surface area contributed by atoms with Crippen LogP contribution in [0.4, 0.5) is 0 Å². The Hall–Kier alpha value is -1.49. The maximum absolute atomic E-state index is 4.92. The largest absolute Gasteiger partial charge is 0.362 e. The third kappa shape index (κ3) is 3.95. The molecule has 3 N–H and O–H groups in total. The molecule has 14 heavy (non-hydrogen) atoms. The first-order valence-corrected chi connectivity index (χ1v) is 4.77. The van der Waals surface area contributed by atoms with Crippen molar-refractivity contribution in [2.45, 2.75) is 6.92 Å². The number of hydrogen-bond donors (Lipinski definition) is 2. The molecule has 0 unspecified atom stereocenters. The van der Waals surface area contributed by atoms with Crippen LogP contribution in [-0.2, 0) is 0 Å². The summed E-state index contributed by atoms with van der Waals surface area (Å²) >= 11 is 4.92. The quantitative estimate of drug-likeness (QED) is 0.428. The molecule has 0 aliphatic rings. The first-order chi connectivity index (χ1) is 6.83. The Labute approximate surface area is 88.4 Å². The molecule has 1 rings (SSSR count). The fraction of sp³-hybridized carbons (Fsp3) is 0.222. The zero-order valence-corrected chi connectivity index (χ0v) is 8.77. The number of H-pyrrole nitrogens is 1. The molecule has 0 aromatic carbocycles. The van der Waals surface area contributed by atoms with E-state index in [2.05, 4.69) is 20.8 Å². The number of aromatic amines is 1. The van der Waals surface area contributed by atoms with Gasteiger partial charge in [-0.3, -0.25) is 5.43 Å². The van der Waals surface area contributed by atoms with Gasteiger partial charge in [-0.05, 0) is 25.2 Å². The van der Waals surface area contributed by atoms with Crippen molar-refractivity contribution >= 4 is 23.5 Å². The summed E-state index contributed by atoms with van der Waals surface area (Å²) in [6.07, 6.45) is 3.51. The van der Waals surface area contributed by atoms with E-state index in [1.165, 1.54) is 0 Å². The smallest absolute Gasteiger partial charge is 0.223 e. The third-order valence-electron chi connectivity index (χ3n) is 1.44. The second-order valence-electron chi connectivity index (χ2n) is 2.55. The summed E-state index contributed by atoms with van der Waals surface area (Å²) < 4.78 is 0. The molecule has 0 aliphatic carbocycles. The maximum Gasteiger partial charge on any atom is 0.223 e. The predicted octanol–water partition coefficient (Wildman–Crippen LogP) is 0.319. The molecule has 4 nitrogen and oxygen atoms in total. The molecule has 1 heterocycles. The van der Waals surface area contributed by atoms with E-state index in [0.29, 0.717) is 5.11 Å². The highest BCUT2D eigenvalue weighted by molar-refractivity contribution is 7.80. The first-order valence-electron chi connectivity index (χ1n) is 4.36. The van der Waals surface area contributed by atoms with Gasteiger partial charge >= 0.3 is 0 Å². The van der Waals surface area contributed by atoms with Crippen LogP contribution in [0.25, 0.3) is 0 Å². The molecular weight excluding hydrogens is 196 g/mol. The standard InChI is InChI=1S/C9H12N4S/c1-2-10-9(14)13-12-7-8-5-3-4-6-11-8/h3-7H,2H2,1H3,(H2,10,13,14)/p+1. The van der Waals surface area contributed by atoms with Gasteiger partial charge in [-0.25, -0.2) is 4.98 Å². The average molecular weight is 209 g/mol. The molecule has 0 fully saturated rings. The molecule has 0 aliphatic heterocycles. The lowest BCUT2D eigenvalue weighted by molar-refractivity contribution is -0.379. The molecule has 0 saturated heterocycles. The molecular formula is C9H13N4S+. The van der Waals surface area contributed by atoms with Crippen LogP contribution in [0.3, 0.4) is 0 Å². The monoisotopic (exact) mass is 209 g/mol. The molecule has 5 heteroatoms. The summed E-state index contributed by atoms with van der Waals surface area (Å²) in [6, 6.07) is 5.76. The topological polar surface area (TPSA) is 50.6 Å². The van der Waals surface area contributed by atoms with E-state index < -0.39 is 0 Å². The SMILES string of the molecule is CCNC(=S)NN=Cc1cccc[nH+]1. The van der Waals surface area contributed by atoms with Gasteiger partial charge in [-0.1, -0.05) is 0 Å². The van der Waals surface area contributed by atoms with Crippen molar-refractivity contribution in [3.05, 3.63) is 30.1 Å². The van der Waals surface area contributed by atoms with Gasteiger partial charge in [-0.2, -0.15) is 5.10 Å². The maximum atomic E-state index is 4.92. The minimum atomic E-state index is 0.527. The van der Waals surface area contributed by atoms with Gasteiger partial charge in [0.25, 0.3) is 0 Å². The van der Waals surface area contributed by atoms with Crippen molar-refractivity contribution in [1.82, 2.24) is 10.7 Å². The molecule has 74 valence electrons. The second-order valence-corrected chi connectivity index (χ2v) is 2.96. The van der Waals surface area contributed by atoms with Crippen LogP contribution < -0.4 is 15.7 Å². The number of rotatable bonds is 3. The molecule has 1 aromatic rings. The van der Waals surface area contributed by atoms with Crippen molar-refractivity contribution in [3.63, 3.8) is 0 Å². The molecule has 0 atom stereocenters. The summed E-state index contributed by atoms with van der Waals surface area (Å²) in [7, 11) is 0. The molecule has 0 amide bonds. The number of thiocarbonyl (C=S) groups is 1. The van der Waals surface area contributed by atoms with Crippen molar-refractivity contribution in [3.8, 4) is 0 Å². The lowest BCUT2D eigenvalue weighted by Crippen LogP contribution is -2.31. The molecule has 0 spiro atoms. The summed E-state index contributed by atoms with van der Waals surface area (Å²) in [6.45, 7) is 2.77. The van der Waals surface area contributed by atoms with Crippen LogP contribution in [0.1, 0.15) is 12.6 Å². The van der Waals surface area contributed by atoms with Crippen LogP contribution in [0, 0.1) is 0 Å². The van der Waals surface area contributed by atoms with Crippen molar-refractivity contribution in [2.75, 3.05) is 6.54 Å². The molecule has 0 saturated carbocycles. The van der Waals surface area contributed by atoms with Crippen LogP contribution in [0.2, 0.25) is 0 Å². The predicted molar refractivity (Wildman–Crippen MR) is 60.0 cm³/mol. The van der Waals surface area contributed by atoms with E-state index in [1.807, 2.05) is 31.3 Å². The number of pyridine rings is 1. The summed E-state index contributed by atoms with van der Waals surface area (Å²) in [4.78, 5) is 3.02. The second kappa shape index (κ2) is 6.04. The third-order valence-corrected chi connectivity index (χ3v) is 1.68. The number of aromatic nitrogens is 1. The van der Waals surface area contributed by atoms with Crippen molar-refractivity contribution in [2.24, 2.45) is 5.10 Å². The normalized spacial score (nSPS) is 10.1. The average Bonchev–Trinajstić information content (AvgIpc) is 2.20. The van der Waals surface area contributed by atoms with Crippen LogP contribution >= 0.6 is 12.2 Å². The van der Waals surface area contributed by atoms with E-state index in [4.69, 9.17) is 12.2 Å². The van der Waals surface area contributed by atoms with E-state index in [9.17, 15) is 0 Å². The summed E-state index contributed by atoms with van der Waals surface area (Å²) in [5, 5.41) is 7.41. The molecule has 0 radical (unpaired) electrons. The van der Waals surface area contributed by atoms with E-state index in [1.54, 1.807) is 6.21 Å². The lowest BCUT2D eigenvalue weighted by Gasteiger charge is -2.01. The fourth-order valence-electron chi connectivity index (χ4n) is 0.848. The number of nitrogens with one attached hydrogen (secondary N) is 3. The van der Waals surface area contributed by atoms with Crippen LogP contribution in [0.5, 0.6) is 0 Å². The van der Waals surface area contributed by atoms with Gasteiger partial charge in [-0.15, -0.1) is 0 Å². The zero-order valence-electron chi connectivity index (χ0n) is 7.95. The number of hydrogen-bond acceptors (Lipinski definition) is 2. The van der Waals surface area contributed by atoms with Crippen molar-refractivity contribution in [1.29, 1.82) is 0 Å². The number of hydrazone groups is 1. The molecule has 1 aromatic heterocycles. The Morgan fingerprint density at radius 1 is 1.64 bits per heavy atom. The highest BCUT2D eigenvalue weighted by Gasteiger charge is 1.92.